The van der Waals surface area contributed by atoms with Crippen LogP contribution >= 0.6 is 0 Å². The predicted molar refractivity (Wildman–Crippen MR) is 112 cm³/mol. The summed E-state index contributed by atoms with van der Waals surface area (Å²) in [6, 6.07) is 0. The minimum absolute atomic E-state index is 0.264. The van der Waals surface area contributed by atoms with Gasteiger partial charge in [0.25, 0.3) is 0 Å². The summed E-state index contributed by atoms with van der Waals surface area (Å²) in [5, 5.41) is 0. The monoisotopic (exact) mass is 455 g/mol. The van der Waals surface area contributed by atoms with Gasteiger partial charge < -0.3 is 48.4 Å². The molecule has 11 heteroatoms. The van der Waals surface area contributed by atoms with Crippen LogP contribution < -0.4 is 5.73 Å². The highest BCUT2D eigenvalue weighted by atomic mass is 16.6. The van der Waals surface area contributed by atoms with Crippen LogP contribution in [-0.2, 0) is 47.4 Å². The van der Waals surface area contributed by atoms with Gasteiger partial charge in [-0.3, -0.25) is 4.79 Å². The summed E-state index contributed by atoms with van der Waals surface area (Å²) < 4.78 is 47.4. The summed E-state index contributed by atoms with van der Waals surface area (Å²) >= 11 is 0. The van der Waals surface area contributed by atoms with Gasteiger partial charge in [0.2, 0.25) is 0 Å². The van der Waals surface area contributed by atoms with E-state index < -0.39 is 0 Å². The Morgan fingerprint density at radius 1 is 0.452 bits per heavy atom. The largest absolute Gasteiger partial charge is 0.463 e. The molecule has 0 atom stereocenters. The number of carbonyl (C=O) groups is 1. The summed E-state index contributed by atoms with van der Waals surface area (Å²) in [5.41, 5.74) is 5.31. The Kier molecular flexibility index (Phi) is 26.4. The Bertz CT molecular complexity index is 363. The lowest BCUT2D eigenvalue weighted by molar-refractivity contribution is -0.142. The zero-order valence-corrected chi connectivity index (χ0v) is 18.9. The first-order valence-corrected chi connectivity index (χ1v) is 10.7. The van der Waals surface area contributed by atoms with Gasteiger partial charge in [-0.05, 0) is 0 Å². The molecule has 2 N–H and O–H groups in total. The zero-order chi connectivity index (χ0) is 22.7. The second-order valence-electron chi connectivity index (χ2n) is 6.03. The van der Waals surface area contributed by atoms with E-state index in [0.717, 1.165) is 0 Å². The van der Waals surface area contributed by atoms with Gasteiger partial charge in [0.05, 0.1) is 106 Å². The minimum atomic E-state index is -0.308. The van der Waals surface area contributed by atoms with Gasteiger partial charge >= 0.3 is 5.97 Å². The molecule has 0 bridgehead atoms. The molecule has 186 valence electrons. The van der Waals surface area contributed by atoms with Gasteiger partial charge in [-0.15, -0.1) is 0 Å². The van der Waals surface area contributed by atoms with Crippen LogP contribution in [0.25, 0.3) is 0 Å². The molecule has 11 nitrogen and oxygen atoms in total. The van der Waals surface area contributed by atoms with E-state index in [0.29, 0.717) is 112 Å². The molecule has 0 aliphatic rings. The van der Waals surface area contributed by atoms with Crippen LogP contribution in [0.4, 0.5) is 0 Å². The van der Waals surface area contributed by atoms with Crippen molar-refractivity contribution >= 4 is 5.97 Å². The van der Waals surface area contributed by atoms with Crippen LogP contribution in [0.15, 0.2) is 0 Å². The fourth-order valence-electron chi connectivity index (χ4n) is 1.97. The molecule has 0 saturated carbocycles. The first-order valence-electron chi connectivity index (χ1n) is 10.7. The van der Waals surface area contributed by atoms with Crippen LogP contribution in [-0.4, -0.2) is 125 Å². The first-order chi connectivity index (χ1) is 15.3. The predicted octanol–water partition coefficient (Wildman–Crippen LogP) is -0.359. The van der Waals surface area contributed by atoms with Crippen molar-refractivity contribution in [1.29, 1.82) is 0 Å². The summed E-state index contributed by atoms with van der Waals surface area (Å²) in [7, 11) is 0. The second kappa shape index (κ2) is 27.1. The van der Waals surface area contributed by atoms with Gasteiger partial charge in [-0.1, -0.05) is 0 Å². The number of nitrogens with two attached hydrogens (primary N) is 1. The Hall–Kier alpha value is -0.890. The summed E-state index contributed by atoms with van der Waals surface area (Å²) in [5.74, 6) is -0.308. The maximum atomic E-state index is 10.5. The van der Waals surface area contributed by atoms with E-state index in [1.54, 1.807) is 0 Å². The molecule has 0 saturated heterocycles. The van der Waals surface area contributed by atoms with Crippen molar-refractivity contribution in [2.24, 2.45) is 5.73 Å². The van der Waals surface area contributed by atoms with E-state index in [1.165, 1.54) is 6.92 Å². The average Bonchev–Trinajstić information content (AvgIpc) is 2.76. The molecular weight excluding hydrogens is 414 g/mol. The number of hydrogen-bond acceptors (Lipinski definition) is 11. The van der Waals surface area contributed by atoms with Crippen LogP contribution in [0.2, 0.25) is 0 Å². The van der Waals surface area contributed by atoms with Crippen molar-refractivity contribution in [3.8, 4) is 0 Å². The zero-order valence-electron chi connectivity index (χ0n) is 18.9. The molecule has 0 spiro atoms. The smallest absolute Gasteiger partial charge is 0.302 e. The van der Waals surface area contributed by atoms with Crippen molar-refractivity contribution in [1.82, 2.24) is 0 Å². The molecule has 31 heavy (non-hydrogen) atoms. The Labute approximate surface area is 185 Å². The van der Waals surface area contributed by atoms with Crippen molar-refractivity contribution in [3.63, 3.8) is 0 Å². The van der Waals surface area contributed by atoms with E-state index in [9.17, 15) is 4.79 Å². The standard InChI is InChI=1S/C20H41NO10/c1-20(22)31-19-18-30-17-16-29-15-14-28-13-12-27-11-10-26-9-8-25-7-6-24-5-4-23-3-2-21/h2-19,21H2,1H3. The number of hydrogen-bond donors (Lipinski definition) is 1. The number of carbonyl (C=O) groups excluding carboxylic acids is 1. The maximum absolute atomic E-state index is 10.5. The third-order valence-corrected chi connectivity index (χ3v) is 3.40. The van der Waals surface area contributed by atoms with E-state index >= 15 is 0 Å². The quantitative estimate of drug-likeness (QED) is 0.136. The first kappa shape index (κ1) is 30.1. The van der Waals surface area contributed by atoms with E-state index in [2.05, 4.69) is 0 Å². The lowest BCUT2D eigenvalue weighted by atomic mass is 10.6. The molecule has 0 aromatic heterocycles. The van der Waals surface area contributed by atoms with Crippen molar-refractivity contribution in [2.45, 2.75) is 6.92 Å². The summed E-state index contributed by atoms with van der Waals surface area (Å²) in [6.07, 6.45) is 0. The highest BCUT2D eigenvalue weighted by Gasteiger charge is 1.96. The molecule has 0 aromatic rings. The molecule has 0 aromatic carbocycles. The third kappa shape index (κ3) is 29.1. The summed E-state index contributed by atoms with van der Waals surface area (Å²) in [6.45, 7) is 10.2. The molecule has 0 unspecified atom stereocenters. The van der Waals surface area contributed by atoms with Gasteiger partial charge in [0, 0.05) is 13.5 Å². The van der Waals surface area contributed by atoms with E-state index in [-0.39, 0.29) is 12.6 Å². The van der Waals surface area contributed by atoms with Crippen LogP contribution in [0.3, 0.4) is 0 Å². The molecule has 0 aliphatic carbocycles. The third-order valence-electron chi connectivity index (χ3n) is 3.40. The topological polar surface area (TPSA) is 126 Å². The molecular formula is C20H41NO10. The lowest BCUT2D eigenvalue weighted by Gasteiger charge is -2.08. The van der Waals surface area contributed by atoms with Gasteiger partial charge in [0.15, 0.2) is 0 Å². The van der Waals surface area contributed by atoms with E-state index in [4.69, 9.17) is 48.4 Å². The van der Waals surface area contributed by atoms with Crippen molar-refractivity contribution in [2.75, 3.05) is 119 Å². The number of rotatable bonds is 26. The molecule has 0 aliphatic heterocycles. The normalized spacial score (nSPS) is 11.2. The highest BCUT2D eigenvalue weighted by molar-refractivity contribution is 5.65. The average molecular weight is 456 g/mol. The maximum Gasteiger partial charge on any atom is 0.302 e. The number of ether oxygens (including phenoxy) is 9. The lowest BCUT2D eigenvalue weighted by Crippen LogP contribution is -2.15. The second-order valence-corrected chi connectivity index (χ2v) is 6.03. The number of esters is 1. The van der Waals surface area contributed by atoms with Crippen LogP contribution in [0.1, 0.15) is 6.92 Å². The SMILES string of the molecule is CC(=O)OCCOCCOCCOCCOCCOCCOCCOCCOCCN. The van der Waals surface area contributed by atoms with Crippen LogP contribution in [0, 0.1) is 0 Å². The summed E-state index contributed by atoms with van der Waals surface area (Å²) in [4.78, 5) is 10.5. The molecule has 0 radical (unpaired) electrons. The van der Waals surface area contributed by atoms with Crippen LogP contribution in [0.5, 0.6) is 0 Å². The van der Waals surface area contributed by atoms with Gasteiger partial charge in [-0.25, -0.2) is 0 Å². The Morgan fingerprint density at radius 3 is 0.903 bits per heavy atom. The fourth-order valence-corrected chi connectivity index (χ4v) is 1.97. The molecule has 0 fully saturated rings. The van der Waals surface area contributed by atoms with Crippen molar-refractivity contribution in [3.05, 3.63) is 0 Å². The Balaban J connectivity index is 3.00. The fraction of sp³-hybridized carbons (Fsp3) is 0.950. The highest BCUT2D eigenvalue weighted by Crippen LogP contribution is 1.86. The molecule has 0 amide bonds. The molecule has 0 heterocycles. The van der Waals surface area contributed by atoms with E-state index in [1.807, 2.05) is 0 Å². The van der Waals surface area contributed by atoms with Gasteiger partial charge in [-0.2, -0.15) is 0 Å². The van der Waals surface area contributed by atoms with Gasteiger partial charge in [0.1, 0.15) is 6.61 Å². The van der Waals surface area contributed by atoms with Crippen molar-refractivity contribution < 1.29 is 47.4 Å². The molecule has 0 rings (SSSR count). The Morgan fingerprint density at radius 2 is 0.677 bits per heavy atom. The minimum Gasteiger partial charge on any atom is -0.463 e.